The number of sulfonamides is 1. The van der Waals surface area contributed by atoms with Crippen molar-refractivity contribution >= 4 is 21.2 Å². The number of hydrogen-bond acceptors (Lipinski definition) is 3. The van der Waals surface area contributed by atoms with Crippen LogP contribution in [0.25, 0.3) is 27.9 Å². The summed E-state index contributed by atoms with van der Waals surface area (Å²) in [6.07, 6.45) is 2.93. The summed E-state index contributed by atoms with van der Waals surface area (Å²) in [6, 6.07) is 19.6. The van der Waals surface area contributed by atoms with Gasteiger partial charge in [0.1, 0.15) is 5.82 Å². The molecule has 0 spiro atoms. The maximum absolute atomic E-state index is 13.3. The molecule has 0 saturated heterocycles. The normalized spacial score (nSPS) is 11.7. The van der Waals surface area contributed by atoms with Gasteiger partial charge in [-0.15, -0.1) is 0 Å². The maximum atomic E-state index is 13.3. The topological polar surface area (TPSA) is 54.7 Å². The molecule has 0 aliphatic rings. The minimum absolute atomic E-state index is 0.302. The van der Waals surface area contributed by atoms with Crippen molar-refractivity contribution in [3.8, 4) is 22.4 Å². The van der Waals surface area contributed by atoms with Gasteiger partial charge in [-0.3, -0.25) is 4.31 Å². The number of nitrogens with zero attached hydrogens (tertiary/aromatic N) is 3. The number of aromatic nitrogens is 2. The molecule has 148 valence electrons. The van der Waals surface area contributed by atoms with Gasteiger partial charge in [-0.05, 0) is 48.9 Å². The smallest absolute Gasteiger partial charge is 0.232 e. The van der Waals surface area contributed by atoms with Crippen molar-refractivity contribution in [2.24, 2.45) is 0 Å². The highest BCUT2D eigenvalue weighted by Gasteiger charge is 2.21. The van der Waals surface area contributed by atoms with Gasteiger partial charge in [0.05, 0.1) is 29.4 Å². The Bertz CT molecular complexity index is 1270. The summed E-state index contributed by atoms with van der Waals surface area (Å²) in [4.78, 5) is 0. The molecule has 0 radical (unpaired) electrons. The van der Waals surface area contributed by atoms with E-state index in [1.807, 2.05) is 42.5 Å². The summed E-state index contributed by atoms with van der Waals surface area (Å²) in [5.74, 6) is -0.307. The molecule has 0 atom stereocenters. The number of pyridine rings is 1. The zero-order chi connectivity index (χ0) is 20.6. The number of rotatable bonds is 5. The van der Waals surface area contributed by atoms with E-state index in [1.54, 1.807) is 29.8 Å². The minimum Gasteiger partial charge on any atom is -0.269 e. The van der Waals surface area contributed by atoms with Crippen LogP contribution in [0.3, 0.4) is 0 Å². The number of fused-ring (bicyclic) bond motifs is 1. The highest BCUT2D eigenvalue weighted by atomic mass is 32.2. The molecule has 4 aromatic rings. The van der Waals surface area contributed by atoms with Crippen molar-refractivity contribution in [1.29, 1.82) is 0 Å². The fraction of sp³-hybridized carbons (Fsp3) is 0.136. The molecule has 0 N–H and O–H groups in total. The Morgan fingerprint density at radius 3 is 2.31 bits per heavy atom. The number of anilines is 1. The molecule has 0 bridgehead atoms. The van der Waals surface area contributed by atoms with E-state index in [0.29, 0.717) is 17.9 Å². The molecule has 0 amide bonds. The van der Waals surface area contributed by atoms with Crippen molar-refractivity contribution in [3.63, 3.8) is 0 Å². The largest absolute Gasteiger partial charge is 0.269 e. The lowest BCUT2D eigenvalue weighted by atomic mass is 10.0. The van der Waals surface area contributed by atoms with Crippen molar-refractivity contribution < 1.29 is 12.8 Å². The molecule has 2 aromatic heterocycles. The van der Waals surface area contributed by atoms with E-state index in [0.717, 1.165) is 22.2 Å². The lowest BCUT2D eigenvalue weighted by Crippen LogP contribution is -2.30. The first-order chi connectivity index (χ1) is 13.9. The Hall–Kier alpha value is -3.19. The van der Waals surface area contributed by atoms with Crippen LogP contribution in [0.5, 0.6) is 0 Å². The number of halogens is 1. The Kier molecular flexibility index (Phi) is 4.84. The summed E-state index contributed by atoms with van der Waals surface area (Å²) in [6.45, 7) is 2.10. The zero-order valence-corrected chi connectivity index (χ0v) is 16.9. The molecule has 0 aliphatic heterocycles. The van der Waals surface area contributed by atoms with Crippen LogP contribution >= 0.6 is 0 Å². The first kappa shape index (κ1) is 19.1. The lowest BCUT2D eigenvalue weighted by molar-refractivity contribution is 0.597. The van der Waals surface area contributed by atoms with Crippen LogP contribution in [0, 0.1) is 5.82 Å². The van der Waals surface area contributed by atoms with E-state index in [1.165, 1.54) is 22.7 Å². The van der Waals surface area contributed by atoms with Crippen LogP contribution in [0.4, 0.5) is 10.1 Å². The second-order valence-electron chi connectivity index (χ2n) is 6.77. The van der Waals surface area contributed by atoms with E-state index in [4.69, 9.17) is 0 Å². The lowest BCUT2D eigenvalue weighted by Gasteiger charge is -2.23. The SMILES string of the molecule is CCN(c1cn2nc(-c3ccc(F)cc3)cc2cc1-c1ccccc1)S(C)(=O)=O. The third-order valence-electron chi connectivity index (χ3n) is 4.76. The first-order valence-corrected chi connectivity index (χ1v) is 11.0. The summed E-state index contributed by atoms with van der Waals surface area (Å²) in [5, 5.41) is 4.58. The van der Waals surface area contributed by atoms with Gasteiger partial charge in [0.2, 0.25) is 10.0 Å². The molecule has 7 heteroatoms. The van der Waals surface area contributed by atoms with Crippen LogP contribution in [0.15, 0.2) is 72.9 Å². The maximum Gasteiger partial charge on any atom is 0.232 e. The van der Waals surface area contributed by atoms with Gasteiger partial charge >= 0.3 is 0 Å². The molecule has 4 rings (SSSR count). The monoisotopic (exact) mass is 409 g/mol. The van der Waals surface area contributed by atoms with E-state index in [2.05, 4.69) is 5.10 Å². The van der Waals surface area contributed by atoms with Crippen LogP contribution in [0.2, 0.25) is 0 Å². The minimum atomic E-state index is -3.47. The molecule has 0 unspecified atom stereocenters. The Morgan fingerprint density at radius 1 is 1.00 bits per heavy atom. The van der Waals surface area contributed by atoms with Gasteiger partial charge in [-0.1, -0.05) is 30.3 Å². The van der Waals surface area contributed by atoms with Crippen LogP contribution in [-0.4, -0.2) is 30.8 Å². The molecule has 0 aliphatic carbocycles. The molecule has 0 saturated carbocycles. The predicted molar refractivity (Wildman–Crippen MR) is 114 cm³/mol. The first-order valence-electron chi connectivity index (χ1n) is 9.19. The molecule has 2 heterocycles. The van der Waals surface area contributed by atoms with Crippen molar-refractivity contribution in [1.82, 2.24) is 9.61 Å². The van der Waals surface area contributed by atoms with Gasteiger partial charge in [0, 0.05) is 17.7 Å². The van der Waals surface area contributed by atoms with Crippen molar-refractivity contribution in [3.05, 3.63) is 78.7 Å². The standard InChI is InChI=1S/C22H20FN3O2S/c1-3-26(29(2,27)28)22-15-25-19(13-20(22)16-7-5-4-6-8-16)14-21(24-25)17-9-11-18(23)12-10-17/h4-15H,3H2,1-2H3. The summed E-state index contributed by atoms with van der Waals surface area (Å²) in [5.41, 5.74) is 4.56. The average Bonchev–Trinajstić information content (AvgIpc) is 3.11. The van der Waals surface area contributed by atoms with E-state index >= 15 is 0 Å². The van der Waals surface area contributed by atoms with Gasteiger partial charge in [-0.2, -0.15) is 5.10 Å². The molecular weight excluding hydrogens is 389 g/mol. The van der Waals surface area contributed by atoms with E-state index in [-0.39, 0.29) is 5.82 Å². The zero-order valence-electron chi connectivity index (χ0n) is 16.1. The quantitative estimate of drug-likeness (QED) is 0.484. The molecule has 2 aromatic carbocycles. The Morgan fingerprint density at radius 2 is 1.69 bits per heavy atom. The summed E-state index contributed by atoms with van der Waals surface area (Å²) < 4.78 is 41.1. The fourth-order valence-corrected chi connectivity index (χ4v) is 4.39. The van der Waals surface area contributed by atoms with Gasteiger partial charge in [0.25, 0.3) is 0 Å². The molecule has 5 nitrogen and oxygen atoms in total. The second-order valence-corrected chi connectivity index (χ2v) is 8.68. The average molecular weight is 409 g/mol. The van der Waals surface area contributed by atoms with Crippen molar-refractivity contribution in [2.75, 3.05) is 17.1 Å². The van der Waals surface area contributed by atoms with Crippen molar-refractivity contribution in [2.45, 2.75) is 6.92 Å². The van der Waals surface area contributed by atoms with Gasteiger partial charge in [0.15, 0.2) is 0 Å². The third-order valence-corrected chi connectivity index (χ3v) is 6.01. The highest BCUT2D eigenvalue weighted by Crippen LogP contribution is 2.34. The van der Waals surface area contributed by atoms with Gasteiger partial charge in [-0.25, -0.2) is 17.3 Å². The molecular formula is C22H20FN3O2S. The summed E-state index contributed by atoms with van der Waals surface area (Å²) in [7, 11) is -3.47. The van der Waals surface area contributed by atoms with Crippen LogP contribution in [0.1, 0.15) is 6.92 Å². The van der Waals surface area contributed by atoms with Gasteiger partial charge < -0.3 is 0 Å². The number of hydrogen-bond donors (Lipinski definition) is 0. The molecule has 29 heavy (non-hydrogen) atoms. The Balaban J connectivity index is 1.95. The van der Waals surface area contributed by atoms with E-state index < -0.39 is 10.0 Å². The van der Waals surface area contributed by atoms with Crippen LogP contribution in [-0.2, 0) is 10.0 Å². The van der Waals surface area contributed by atoms with E-state index in [9.17, 15) is 12.8 Å². The summed E-state index contributed by atoms with van der Waals surface area (Å²) >= 11 is 0. The Labute approximate surface area is 169 Å². The fourth-order valence-electron chi connectivity index (χ4n) is 3.42. The number of benzene rings is 2. The second kappa shape index (κ2) is 7.33. The predicted octanol–water partition coefficient (Wildman–Crippen LogP) is 4.59. The third kappa shape index (κ3) is 3.73. The molecule has 0 fully saturated rings. The highest BCUT2D eigenvalue weighted by molar-refractivity contribution is 7.92. The van der Waals surface area contributed by atoms with Crippen LogP contribution < -0.4 is 4.31 Å².